The molecule has 1 saturated heterocycles. The van der Waals surface area contributed by atoms with Gasteiger partial charge in [-0.05, 0) is 24.5 Å². The number of hydroxylamine groups is 2. The van der Waals surface area contributed by atoms with Crippen molar-refractivity contribution in [2.24, 2.45) is 0 Å². The first-order valence-electron chi connectivity index (χ1n) is 10.1. The van der Waals surface area contributed by atoms with Crippen molar-refractivity contribution in [3.63, 3.8) is 0 Å². The molecule has 0 saturated carbocycles. The maximum Gasteiger partial charge on any atom is 0.528 e. The fourth-order valence-corrected chi connectivity index (χ4v) is 3.54. The minimum absolute atomic E-state index is 0.0669. The molecule has 29 heavy (non-hydrogen) atoms. The highest BCUT2D eigenvalue weighted by Gasteiger charge is 2.36. The third kappa shape index (κ3) is 5.57. The van der Waals surface area contributed by atoms with E-state index in [9.17, 15) is 9.59 Å². The lowest BCUT2D eigenvalue weighted by atomic mass is 10.0. The van der Waals surface area contributed by atoms with Crippen LogP contribution in [0, 0.1) is 0 Å². The van der Waals surface area contributed by atoms with Gasteiger partial charge in [-0.1, -0.05) is 74.0 Å². The predicted molar refractivity (Wildman–Crippen MR) is 109 cm³/mol. The Morgan fingerprint density at radius 3 is 2.41 bits per heavy atom. The van der Waals surface area contributed by atoms with Crippen LogP contribution in [0.15, 0.2) is 60.7 Å². The second kappa shape index (κ2) is 10.1. The summed E-state index contributed by atoms with van der Waals surface area (Å²) in [5, 5.41) is 1.59. The van der Waals surface area contributed by atoms with Crippen LogP contribution in [-0.4, -0.2) is 34.7 Å². The van der Waals surface area contributed by atoms with Gasteiger partial charge in [0.05, 0.1) is 12.1 Å². The van der Waals surface area contributed by atoms with Gasteiger partial charge in [0.15, 0.2) is 0 Å². The molecular weight excluding hydrogens is 368 g/mol. The van der Waals surface area contributed by atoms with Crippen LogP contribution in [0.3, 0.4) is 0 Å². The molecule has 3 rings (SSSR count). The highest BCUT2D eigenvalue weighted by Crippen LogP contribution is 2.28. The monoisotopic (exact) mass is 396 g/mol. The largest absolute Gasteiger partial charge is 0.528 e. The molecule has 1 heterocycles. The van der Waals surface area contributed by atoms with Crippen LogP contribution in [0.4, 0.5) is 4.79 Å². The van der Waals surface area contributed by atoms with E-state index >= 15 is 0 Å². The summed E-state index contributed by atoms with van der Waals surface area (Å²) in [6.07, 6.45) is 1.23. The Balaban J connectivity index is 1.65. The molecule has 1 fully saturated rings. The maximum absolute atomic E-state index is 12.8. The van der Waals surface area contributed by atoms with E-state index in [1.165, 1.54) is 0 Å². The molecule has 6 heteroatoms. The Morgan fingerprint density at radius 2 is 1.76 bits per heavy atom. The van der Waals surface area contributed by atoms with Crippen LogP contribution < -0.4 is 0 Å². The van der Waals surface area contributed by atoms with Gasteiger partial charge in [0.25, 0.3) is 0 Å². The van der Waals surface area contributed by atoms with Crippen molar-refractivity contribution in [1.82, 2.24) is 9.96 Å². The van der Waals surface area contributed by atoms with Gasteiger partial charge < -0.3 is 14.5 Å². The summed E-state index contributed by atoms with van der Waals surface area (Å²) in [7, 11) is 0. The second-order valence-electron chi connectivity index (χ2n) is 7.27. The molecule has 0 unspecified atom stereocenters. The lowest BCUT2D eigenvalue weighted by molar-refractivity contribution is -0.206. The summed E-state index contributed by atoms with van der Waals surface area (Å²) in [6, 6.07) is 19.0. The molecular formula is C23H28N2O4. The zero-order valence-corrected chi connectivity index (χ0v) is 17.0. The molecule has 1 aliphatic rings. The minimum Gasteiger partial charge on any atom is -0.428 e. The molecule has 2 aromatic carbocycles. The number of carbonyl (C=O) groups is 2. The lowest BCUT2D eigenvalue weighted by Crippen LogP contribution is -2.54. The number of benzene rings is 2. The van der Waals surface area contributed by atoms with Crippen molar-refractivity contribution in [3.05, 3.63) is 71.8 Å². The van der Waals surface area contributed by atoms with Crippen LogP contribution in [0.1, 0.15) is 50.3 Å². The third-order valence-electron chi connectivity index (χ3n) is 5.19. The minimum atomic E-state index is -0.753. The van der Waals surface area contributed by atoms with Gasteiger partial charge in [0.2, 0.25) is 5.91 Å². The average molecular weight is 396 g/mol. The molecule has 154 valence electrons. The first-order chi connectivity index (χ1) is 14.1. The molecule has 0 N–H and O–H groups in total. The summed E-state index contributed by atoms with van der Waals surface area (Å²) in [5.74, 6) is 0.0669. The molecule has 0 aliphatic carbocycles. The topological polar surface area (TPSA) is 59.1 Å². The molecule has 6 nitrogen and oxygen atoms in total. The number of rotatable bonds is 7. The number of carbonyl (C=O) groups excluding carboxylic acids is 2. The maximum atomic E-state index is 12.8. The van der Waals surface area contributed by atoms with E-state index in [2.05, 4.69) is 6.92 Å². The van der Waals surface area contributed by atoms with Crippen molar-refractivity contribution in [2.45, 2.75) is 51.8 Å². The average Bonchev–Trinajstić information content (AvgIpc) is 2.75. The van der Waals surface area contributed by atoms with Crippen molar-refractivity contribution < 1.29 is 19.2 Å². The smallest absolute Gasteiger partial charge is 0.428 e. The molecule has 1 aliphatic heterocycles. The van der Waals surface area contributed by atoms with E-state index in [-0.39, 0.29) is 31.3 Å². The molecule has 1 amide bonds. The fraction of sp³-hybridized carbons (Fsp3) is 0.391. The number of amides is 1. The van der Waals surface area contributed by atoms with Gasteiger partial charge >= 0.3 is 6.16 Å². The van der Waals surface area contributed by atoms with E-state index in [0.717, 1.165) is 24.0 Å². The summed E-state index contributed by atoms with van der Waals surface area (Å²) < 4.78 is 5.26. The molecule has 0 spiro atoms. The summed E-state index contributed by atoms with van der Waals surface area (Å²) in [4.78, 5) is 32.3. The third-order valence-corrected chi connectivity index (χ3v) is 5.19. The van der Waals surface area contributed by atoms with E-state index in [1.807, 2.05) is 67.6 Å². The number of hydrogen-bond acceptors (Lipinski definition) is 5. The van der Waals surface area contributed by atoms with E-state index in [1.54, 1.807) is 9.96 Å². The fourth-order valence-electron chi connectivity index (χ4n) is 3.54. The Hall–Kier alpha value is -2.86. The number of nitrogens with zero attached hydrogens (tertiary/aromatic N) is 2. The Kier molecular flexibility index (Phi) is 7.25. The molecule has 0 bridgehead atoms. The molecule has 0 aromatic heterocycles. The van der Waals surface area contributed by atoms with Crippen molar-refractivity contribution in [2.75, 3.05) is 6.67 Å². The van der Waals surface area contributed by atoms with Crippen molar-refractivity contribution >= 4 is 12.1 Å². The van der Waals surface area contributed by atoms with Crippen molar-refractivity contribution in [1.29, 1.82) is 0 Å². The second-order valence-corrected chi connectivity index (χ2v) is 7.27. The number of ether oxygens (including phenoxy) is 1. The van der Waals surface area contributed by atoms with Crippen LogP contribution in [0.2, 0.25) is 0 Å². The SMILES string of the molecule is CCC[C@H]1CC(=O)N([C@@H](C)c2ccccc2)CN1OC(=O)OCc1ccccc1. The van der Waals surface area contributed by atoms with E-state index in [0.29, 0.717) is 6.42 Å². The highest BCUT2D eigenvalue weighted by molar-refractivity contribution is 5.78. The molecule has 2 atom stereocenters. The van der Waals surface area contributed by atoms with Crippen LogP contribution >= 0.6 is 0 Å². The van der Waals surface area contributed by atoms with Gasteiger partial charge in [-0.25, -0.2) is 4.79 Å². The van der Waals surface area contributed by atoms with E-state index < -0.39 is 6.16 Å². The molecule has 2 aromatic rings. The van der Waals surface area contributed by atoms with Crippen LogP contribution in [0.25, 0.3) is 0 Å². The van der Waals surface area contributed by atoms with E-state index in [4.69, 9.17) is 9.57 Å². The Morgan fingerprint density at radius 1 is 1.10 bits per heavy atom. The lowest BCUT2D eigenvalue weighted by Gasteiger charge is -2.41. The zero-order chi connectivity index (χ0) is 20.6. The Labute approximate surface area is 172 Å². The normalized spacial score (nSPS) is 18.3. The number of hydrogen-bond donors (Lipinski definition) is 0. The first kappa shape index (κ1) is 20.9. The summed E-state index contributed by atoms with van der Waals surface area (Å²) >= 11 is 0. The van der Waals surface area contributed by atoms with Crippen LogP contribution in [0.5, 0.6) is 0 Å². The quantitative estimate of drug-likeness (QED) is 0.636. The summed E-state index contributed by atoms with van der Waals surface area (Å²) in [5.41, 5.74) is 1.93. The predicted octanol–water partition coefficient (Wildman–Crippen LogP) is 4.68. The van der Waals surface area contributed by atoms with Crippen LogP contribution in [-0.2, 0) is 21.0 Å². The highest BCUT2D eigenvalue weighted by atomic mass is 16.8. The first-order valence-corrected chi connectivity index (χ1v) is 10.1. The van der Waals surface area contributed by atoms with Gasteiger partial charge in [-0.15, -0.1) is 5.06 Å². The standard InChI is InChI=1S/C23H28N2O4/c1-3-10-21-15-22(26)24(18(2)20-13-8-5-9-14-20)17-25(21)29-23(27)28-16-19-11-6-4-7-12-19/h4-9,11-14,18,21H,3,10,15-17H2,1-2H3/t18-,21-/m0/s1. The zero-order valence-electron chi connectivity index (χ0n) is 17.0. The van der Waals surface area contributed by atoms with Crippen molar-refractivity contribution in [3.8, 4) is 0 Å². The van der Waals surface area contributed by atoms with Gasteiger partial charge in [-0.3, -0.25) is 4.79 Å². The summed E-state index contributed by atoms with van der Waals surface area (Å²) in [6.45, 7) is 4.41. The molecule has 0 radical (unpaired) electrons. The Bertz CT molecular complexity index is 797. The van der Waals surface area contributed by atoms with Gasteiger partial charge in [0, 0.05) is 6.42 Å². The van der Waals surface area contributed by atoms with Gasteiger partial charge in [0.1, 0.15) is 13.3 Å². The van der Waals surface area contributed by atoms with Gasteiger partial charge in [-0.2, -0.15) is 0 Å².